The molecule has 2 aromatic carbocycles. The molecule has 0 aromatic heterocycles. The Balaban J connectivity index is 1.78. The van der Waals surface area contributed by atoms with Crippen molar-refractivity contribution >= 4 is 50.9 Å². The molecule has 0 aliphatic heterocycles. The zero-order valence-electron chi connectivity index (χ0n) is 13.0. The van der Waals surface area contributed by atoms with Crippen molar-refractivity contribution in [2.24, 2.45) is 5.16 Å². The molecule has 0 unspecified atom stereocenters. The van der Waals surface area contributed by atoms with Crippen molar-refractivity contribution < 1.29 is 9.63 Å². The van der Waals surface area contributed by atoms with Crippen molar-refractivity contribution in [3.8, 4) is 0 Å². The maximum Gasteiger partial charge on any atom is 0.265 e. The molecule has 0 saturated heterocycles. The van der Waals surface area contributed by atoms with Gasteiger partial charge in [0.15, 0.2) is 6.61 Å². The first-order valence-electron chi connectivity index (χ1n) is 7.18. The number of carbonyl (C=O) groups excluding carboxylic acids is 1. The van der Waals surface area contributed by atoms with Gasteiger partial charge in [0.05, 0.1) is 5.71 Å². The predicted molar refractivity (Wildman–Crippen MR) is 102 cm³/mol. The molecule has 124 valence electrons. The number of nitrogens with zero attached hydrogens (tertiary/aromatic N) is 1. The first-order valence-corrected chi connectivity index (χ1v) is 8.35. The predicted octanol–water partition coefficient (Wildman–Crippen LogP) is 5.15. The Morgan fingerprint density at radius 1 is 1.21 bits per heavy atom. The van der Waals surface area contributed by atoms with Gasteiger partial charge in [0.1, 0.15) is 0 Å². The Kier molecular flexibility index (Phi) is 7.03. The van der Waals surface area contributed by atoms with E-state index in [4.69, 9.17) is 16.4 Å². The summed E-state index contributed by atoms with van der Waals surface area (Å²) in [6.45, 7) is 1.64. The Hall–Kier alpha value is -2.11. The summed E-state index contributed by atoms with van der Waals surface area (Å²) in [5, 5.41) is 7.20. The van der Waals surface area contributed by atoms with Crippen LogP contribution in [0.5, 0.6) is 0 Å². The largest absolute Gasteiger partial charge is 0.385 e. The topological polar surface area (TPSA) is 50.7 Å². The Labute approximate surface area is 154 Å². The fourth-order valence-electron chi connectivity index (χ4n) is 1.74. The lowest BCUT2D eigenvalue weighted by Gasteiger charge is -2.04. The number of amides is 1. The summed E-state index contributed by atoms with van der Waals surface area (Å²) in [7, 11) is 0. The summed E-state index contributed by atoms with van der Waals surface area (Å²) in [6.07, 6.45) is 3.74. The maximum atomic E-state index is 11.7. The molecule has 0 bridgehead atoms. The van der Waals surface area contributed by atoms with Crippen molar-refractivity contribution in [2.45, 2.75) is 6.92 Å². The molecule has 2 rings (SSSR count). The molecule has 0 aliphatic carbocycles. The van der Waals surface area contributed by atoms with Crippen LogP contribution in [0.25, 0.3) is 6.08 Å². The van der Waals surface area contributed by atoms with Gasteiger partial charge in [-0.25, -0.2) is 0 Å². The lowest BCUT2D eigenvalue weighted by atomic mass is 10.2. The van der Waals surface area contributed by atoms with E-state index in [9.17, 15) is 4.79 Å². The van der Waals surface area contributed by atoms with E-state index in [0.717, 1.165) is 10.0 Å². The third kappa shape index (κ3) is 6.56. The molecule has 24 heavy (non-hydrogen) atoms. The average molecular weight is 408 g/mol. The normalized spacial score (nSPS) is 11.5. The van der Waals surface area contributed by atoms with Gasteiger partial charge >= 0.3 is 0 Å². The standard InChI is InChI=1S/C18H16BrClN2O2/c1-13(2-3-14-4-6-15(19)7-5-14)22-24-12-18(23)21-17-10-8-16(20)9-11-17/h2-11H,12H2,1H3,(H,21,23)/b3-2+,22-13+. The van der Waals surface area contributed by atoms with Gasteiger partial charge in [0.25, 0.3) is 5.91 Å². The molecule has 0 fully saturated rings. The third-order valence-corrected chi connectivity index (χ3v) is 3.70. The number of rotatable bonds is 6. The van der Waals surface area contributed by atoms with Crippen molar-refractivity contribution in [2.75, 3.05) is 11.9 Å². The fourth-order valence-corrected chi connectivity index (χ4v) is 2.13. The second-order valence-electron chi connectivity index (χ2n) is 4.95. The van der Waals surface area contributed by atoms with Gasteiger partial charge in [-0.3, -0.25) is 4.79 Å². The maximum absolute atomic E-state index is 11.7. The molecule has 0 spiro atoms. The molecular formula is C18H16BrClN2O2. The monoisotopic (exact) mass is 406 g/mol. The molecule has 4 nitrogen and oxygen atoms in total. The van der Waals surface area contributed by atoms with Crippen LogP contribution in [-0.2, 0) is 9.63 Å². The zero-order chi connectivity index (χ0) is 17.4. The number of anilines is 1. The first-order chi connectivity index (χ1) is 11.5. The van der Waals surface area contributed by atoms with E-state index in [0.29, 0.717) is 16.4 Å². The van der Waals surface area contributed by atoms with Gasteiger partial charge in [-0.1, -0.05) is 50.9 Å². The minimum absolute atomic E-state index is 0.161. The fraction of sp³-hybridized carbons (Fsp3) is 0.111. The average Bonchev–Trinajstić information content (AvgIpc) is 2.56. The number of hydrogen-bond acceptors (Lipinski definition) is 3. The number of carbonyl (C=O) groups is 1. The van der Waals surface area contributed by atoms with Gasteiger partial charge in [-0.2, -0.15) is 0 Å². The lowest BCUT2D eigenvalue weighted by molar-refractivity contribution is -0.120. The number of oxime groups is 1. The second-order valence-corrected chi connectivity index (χ2v) is 6.30. The molecule has 0 saturated carbocycles. The molecule has 6 heteroatoms. The molecular weight excluding hydrogens is 392 g/mol. The quantitative estimate of drug-likeness (QED) is 0.532. The van der Waals surface area contributed by atoms with E-state index >= 15 is 0 Å². The lowest BCUT2D eigenvalue weighted by Crippen LogP contribution is -2.17. The van der Waals surface area contributed by atoms with Crippen LogP contribution in [0.3, 0.4) is 0 Å². The third-order valence-electron chi connectivity index (χ3n) is 2.92. The van der Waals surface area contributed by atoms with E-state index in [1.54, 1.807) is 31.2 Å². The van der Waals surface area contributed by atoms with Gasteiger partial charge in [-0.05, 0) is 55.0 Å². The van der Waals surface area contributed by atoms with Gasteiger partial charge in [0, 0.05) is 15.2 Å². The smallest absolute Gasteiger partial charge is 0.265 e. The van der Waals surface area contributed by atoms with Crippen LogP contribution in [0.4, 0.5) is 5.69 Å². The van der Waals surface area contributed by atoms with Crippen molar-refractivity contribution in [3.63, 3.8) is 0 Å². The van der Waals surface area contributed by atoms with Crippen molar-refractivity contribution in [3.05, 3.63) is 69.7 Å². The molecule has 0 aliphatic rings. The number of halogens is 2. The van der Waals surface area contributed by atoms with E-state index < -0.39 is 0 Å². The molecule has 0 atom stereocenters. The Bertz CT molecular complexity index is 741. The summed E-state index contributed by atoms with van der Waals surface area (Å²) in [5.41, 5.74) is 2.37. The van der Waals surface area contributed by atoms with Gasteiger partial charge in [0.2, 0.25) is 0 Å². The van der Waals surface area contributed by atoms with Crippen LogP contribution in [0, 0.1) is 0 Å². The molecule has 1 N–H and O–H groups in total. The Morgan fingerprint density at radius 3 is 2.54 bits per heavy atom. The molecule has 2 aromatic rings. The number of nitrogens with one attached hydrogen (secondary N) is 1. The summed E-state index contributed by atoms with van der Waals surface area (Å²) in [6, 6.07) is 14.7. The Morgan fingerprint density at radius 2 is 1.88 bits per heavy atom. The summed E-state index contributed by atoms with van der Waals surface area (Å²) >= 11 is 9.17. The number of hydrogen-bond donors (Lipinski definition) is 1. The highest BCUT2D eigenvalue weighted by atomic mass is 79.9. The van der Waals surface area contributed by atoms with E-state index in [-0.39, 0.29) is 12.5 Å². The van der Waals surface area contributed by atoms with E-state index in [1.165, 1.54) is 0 Å². The second kappa shape index (κ2) is 9.25. The molecule has 0 heterocycles. The molecule has 1 amide bonds. The number of benzene rings is 2. The van der Waals surface area contributed by atoms with Crippen molar-refractivity contribution in [1.29, 1.82) is 0 Å². The summed E-state index contributed by atoms with van der Waals surface area (Å²) in [5.74, 6) is -0.286. The van der Waals surface area contributed by atoms with Crippen LogP contribution in [0.15, 0.2) is 64.2 Å². The highest BCUT2D eigenvalue weighted by Gasteiger charge is 2.02. The molecule has 0 radical (unpaired) electrons. The van der Waals surface area contributed by atoms with Crippen LogP contribution >= 0.6 is 27.5 Å². The summed E-state index contributed by atoms with van der Waals surface area (Å²) < 4.78 is 1.03. The van der Waals surface area contributed by atoms with E-state index in [1.807, 2.05) is 36.4 Å². The van der Waals surface area contributed by atoms with Crippen molar-refractivity contribution in [1.82, 2.24) is 0 Å². The highest BCUT2D eigenvalue weighted by molar-refractivity contribution is 9.10. The minimum atomic E-state index is -0.286. The minimum Gasteiger partial charge on any atom is -0.385 e. The highest BCUT2D eigenvalue weighted by Crippen LogP contribution is 2.13. The van der Waals surface area contributed by atoms with Crippen LogP contribution in [0.2, 0.25) is 5.02 Å². The van der Waals surface area contributed by atoms with Crippen LogP contribution < -0.4 is 5.32 Å². The zero-order valence-corrected chi connectivity index (χ0v) is 15.3. The first kappa shape index (κ1) is 18.2. The number of allylic oxidation sites excluding steroid dienone is 1. The SMILES string of the molecule is CC(/C=C/c1ccc(Br)cc1)=N\OCC(=O)Nc1ccc(Cl)cc1. The summed E-state index contributed by atoms with van der Waals surface area (Å²) in [4.78, 5) is 16.8. The van der Waals surface area contributed by atoms with Gasteiger partial charge < -0.3 is 10.2 Å². The van der Waals surface area contributed by atoms with Crippen LogP contribution in [-0.4, -0.2) is 18.2 Å². The van der Waals surface area contributed by atoms with E-state index in [2.05, 4.69) is 26.4 Å². The van der Waals surface area contributed by atoms with Crippen LogP contribution in [0.1, 0.15) is 12.5 Å². The van der Waals surface area contributed by atoms with Gasteiger partial charge in [-0.15, -0.1) is 0 Å².